The molecule has 1 aliphatic carbocycles. The van der Waals surface area contributed by atoms with Crippen LogP contribution < -0.4 is 11.1 Å². The van der Waals surface area contributed by atoms with Gasteiger partial charge in [-0.3, -0.25) is 9.78 Å². The predicted octanol–water partition coefficient (Wildman–Crippen LogP) is 1.69. The fourth-order valence-electron chi connectivity index (χ4n) is 1.62. The highest BCUT2D eigenvalue weighted by Crippen LogP contribution is 2.23. The van der Waals surface area contributed by atoms with E-state index in [2.05, 4.69) is 26.2 Å². The van der Waals surface area contributed by atoms with Crippen LogP contribution in [0.3, 0.4) is 0 Å². The Balaban J connectivity index is 2.03. The number of halogens is 1. The Kier molecular flexibility index (Phi) is 3.36. The molecule has 84 valence electrons. The van der Waals surface area contributed by atoms with Gasteiger partial charge in [0.05, 0.1) is 16.1 Å². The monoisotopic (exact) mass is 281 g/mol. The van der Waals surface area contributed by atoms with Crippen LogP contribution in [0, 0.1) is 5.92 Å². The van der Waals surface area contributed by atoms with Gasteiger partial charge in [0.15, 0.2) is 0 Å². The molecule has 0 aromatic carbocycles. The average molecular weight is 282 g/mol. The second kappa shape index (κ2) is 4.76. The second-order valence-corrected chi connectivity index (χ2v) is 4.59. The number of nitrogens with two attached hydrogens (primary N) is 1. The topological polar surface area (TPSA) is 68.0 Å². The van der Waals surface area contributed by atoms with Gasteiger partial charge in [-0.05, 0) is 28.4 Å². The maximum atomic E-state index is 11.9. The Morgan fingerprint density at radius 1 is 1.56 bits per heavy atom. The van der Waals surface area contributed by atoms with E-state index in [4.69, 9.17) is 5.73 Å². The van der Waals surface area contributed by atoms with E-state index in [9.17, 15) is 4.79 Å². The summed E-state index contributed by atoms with van der Waals surface area (Å²) >= 11 is 3.33. The highest BCUT2D eigenvalue weighted by molar-refractivity contribution is 9.10. The minimum absolute atomic E-state index is 0.00312. The number of nitrogens with zero attached hydrogens (tertiary/aromatic N) is 1. The molecular formula is C11H12BrN3O. The van der Waals surface area contributed by atoms with Gasteiger partial charge < -0.3 is 11.1 Å². The number of carbonyl (C=O) groups is 1. The number of aromatic nitrogens is 1. The van der Waals surface area contributed by atoms with Crippen LogP contribution in [0.5, 0.6) is 0 Å². The van der Waals surface area contributed by atoms with Gasteiger partial charge in [0, 0.05) is 18.4 Å². The minimum atomic E-state index is -0.130. The molecule has 2 unspecified atom stereocenters. The molecule has 1 aromatic rings. The molecule has 16 heavy (non-hydrogen) atoms. The highest BCUT2D eigenvalue weighted by Gasteiger charge is 2.22. The standard InChI is InChI=1S/C11H12BrN3O/c12-9-6-14-4-3-10(9)15-11(16)7-1-2-8(13)5-7/h1-4,6-8H,5,13H2,(H,14,15,16). The molecule has 0 radical (unpaired) electrons. The van der Waals surface area contributed by atoms with Crippen molar-refractivity contribution in [3.8, 4) is 0 Å². The van der Waals surface area contributed by atoms with Crippen LogP contribution in [0.2, 0.25) is 0 Å². The molecule has 0 aliphatic heterocycles. The zero-order chi connectivity index (χ0) is 11.5. The van der Waals surface area contributed by atoms with Gasteiger partial charge in [-0.1, -0.05) is 12.2 Å². The first-order valence-electron chi connectivity index (χ1n) is 5.01. The summed E-state index contributed by atoms with van der Waals surface area (Å²) in [5.74, 6) is -0.161. The zero-order valence-corrected chi connectivity index (χ0v) is 10.1. The average Bonchev–Trinajstić information content (AvgIpc) is 2.68. The lowest BCUT2D eigenvalue weighted by molar-refractivity contribution is -0.118. The lowest BCUT2D eigenvalue weighted by Gasteiger charge is -2.11. The molecule has 0 spiro atoms. The van der Waals surface area contributed by atoms with E-state index >= 15 is 0 Å². The number of anilines is 1. The molecule has 0 bridgehead atoms. The Hall–Kier alpha value is -1.20. The number of pyridine rings is 1. The third-order valence-corrected chi connectivity index (χ3v) is 3.12. The Morgan fingerprint density at radius 2 is 2.38 bits per heavy atom. The van der Waals surface area contributed by atoms with Crippen LogP contribution in [-0.4, -0.2) is 16.9 Å². The van der Waals surface area contributed by atoms with Gasteiger partial charge in [-0.25, -0.2) is 0 Å². The van der Waals surface area contributed by atoms with E-state index < -0.39 is 0 Å². The highest BCUT2D eigenvalue weighted by atomic mass is 79.9. The van der Waals surface area contributed by atoms with Crippen LogP contribution in [0.1, 0.15) is 6.42 Å². The normalized spacial score (nSPS) is 23.4. The molecule has 1 heterocycles. The smallest absolute Gasteiger partial charge is 0.231 e. The van der Waals surface area contributed by atoms with Crippen molar-refractivity contribution in [1.29, 1.82) is 0 Å². The van der Waals surface area contributed by atoms with Crippen molar-refractivity contribution in [3.63, 3.8) is 0 Å². The van der Waals surface area contributed by atoms with Crippen LogP contribution in [-0.2, 0) is 4.79 Å². The first-order chi connectivity index (χ1) is 7.66. The number of carbonyl (C=O) groups excluding carboxylic acids is 1. The molecule has 0 fully saturated rings. The molecular weight excluding hydrogens is 270 g/mol. The molecule has 0 saturated carbocycles. The number of hydrogen-bond donors (Lipinski definition) is 2. The molecule has 3 N–H and O–H groups in total. The van der Waals surface area contributed by atoms with Crippen molar-refractivity contribution in [3.05, 3.63) is 35.1 Å². The van der Waals surface area contributed by atoms with Crippen molar-refractivity contribution in [2.75, 3.05) is 5.32 Å². The number of rotatable bonds is 2. The summed E-state index contributed by atoms with van der Waals surface area (Å²) in [6, 6.07) is 1.75. The lowest BCUT2D eigenvalue weighted by Crippen LogP contribution is -2.24. The van der Waals surface area contributed by atoms with Crippen LogP contribution in [0.25, 0.3) is 0 Å². The minimum Gasteiger partial charge on any atom is -0.324 e. The predicted molar refractivity (Wildman–Crippen MR) is 65.8 cm³/mol. The molecule has 4 nitrogen and oxygen atoms in total. The first-order valence-corrected chi connectivity index (χ1v) is 5.80. The third kappa shape index (κ3) is 2.48. The summed E-state index contributed by atoms with van der Waals surface area (Å²) < 4.78 is 0.773. The second-order valence-electron chi connectivity index (χ2n) is 3.74. The third-order valence-electron chi connectivity index (χ3n) is 2.48. The summed E-state index contributed by atoms with van der Waals surface area (Å²) in [5.41, 5.74) is 6.43. The van der Waals surface area contributed by atoms with Crippen molar-refractivity contribution in [2.45, 2.75) is 12.5 Å². The maximum absolute atomic E-state index is 11.9. The molecule has 5 heteroatoms. The van der Waals surface area contributed by atoms with Crippen molar-refractivity contribution in [2.24, 2.45) is 11.7 Å². The van der Waals surface area contributed by atoms with E-state index in [1.54, 1.807) is 18.5 Å². The van der Waals surface area contributed by atoms with E-state index in [1.165, 1.54) is 0 Å². The summed E-state index contributed by atoms with van der Waals surface area (Å²) in [5, 5.41) is 2.84. The molecule has 1 amide bonds. The van der Waals surface area contributed by atoms with Gasteiger partial charge in [-0.2, -0.15) is 0 Å². The zero-order valence-electron chi connectivity index (χ0n) is 8.56. The maximum Gasteiger partial charge on any atom is 0.231 e. The SMILES string of the molecule is NC1C=CC(C(=O)Nc2ccncc2Br)C1. The number of hydrogen-bond acceptors (Lipinski definition) is 3. The molecule has 2 atom stereocenters. The fraction of sp³-hybridized carbons (Fsp3) is 0.273. The van der Waals surface area contributed by atoms with Crippen LogP contribution in [0.15, 0.2) is 35.1 Å². The van der Waals surface area contributed by atoms with Crippen molar-refractivity contribution >= 4 is 27.5 Å². The van der Waals surface area contributed by atoms with Gasteiger partial charge >= 0.3 is 0 Å². The summed E-state index contributed by atoms with van der Waals surface area (Å²) in [7, 11) is 0. The van der Waals surface area contributed by atoms with Crippen molar-refractivity contribution < 1.29 is 4.79 Å². The van der Waals surface area contributed by atoms with Gasteiger partial charge in [0.2, 0.25) is 5.91 Å². The molecule has 2 rings (SSSR count). The van der Waals surface area contributed by atoms with Gasteiger partial charge in [-0.15, -0.1) is 0 Å². The van der Waals surface area contributed by atoms with Crippen molar-refractivity contribution in [1.82, 2.24) is 4.98 Å². The first kappa shape index (κ1) is 11.3. The number of nitrogens with one attached hydrogen (secondary N) is 1. The Morgan fingerprint density at radius 3 is 3.00 bits per heavy atom. The Labute approximate surface area is 102 Å². The van der Waals surface area contributed by atoms with Crippen LogP contribution >= 0.6 is 15.9 Å². The quantitative estimate of drug-likeness (QED) is 0.811. The van der Waals surface area contributed by atoms with E-state index in [0.29, 0.717) is 6.42 Å². The summed E-state index contributed by atoms with van der Waals surface area (Å²) in [6.07, 6.45) is 7.68. The Bertz CT molecular complexity index is 433. The number of amides is 1. The molecule has 1 aliphatic rings. The van der Waals surface area contributed by atoms with Crippen LogP contribution in [0.4, 0.5) is 5.69 Å². The summed E-state index contributed by atoms with van der Waals surface area (Å²) in [4.78, 5) is 15.8. The molecule has 0 saturated heterocycles. The van der Waals surface area contributed by atoms with E-state index in [1.807, 2.05) is 12.2 Å². The van der Waals surface area contributed by atoms with Gasteiger partial charge in [0.25, 0.3) is 0 Å². The summed E-state index contributed by atoms with van der Waals surface area (Å²) in [6.45, 7) is 0. The lowest BCUT2D eigenvalue weighted by atomic mass is 10.1. The van der Waals surface area contributed by atoms with E-state index in [0.717, 1.165) is 10.2 Å². The van der Waals surface area contributed by atoms with Gasteiger partial charge in [0.1, 0.15) is 0 Å². The fourth-order valence-corrected chi connectivity index (χ4v) is 1.97. The van der Waals surface area contributed by atoms with E-state index in [-0.39, 0.29) is 17.9 Å². The molecule has 1 aromatic heterocycles. The largest absolute Gasteiger partial charge is 0.324 e.